The van der Waals surface area contributed by atoms with E-state index >= 15 is 0 Å². The van der Waals surface area contributed by atoms with Gasteiger partial charge in [-0.05, 0) is 60.4 Å². The molecular formula is C26H23N5O4. The van der Waals surface area contributed by atoms with Gasteiger partial charge in [0.1, 0.15) is 19.2 Å². The number of ketones is 1. The number of aromatic nitrogens is 2. The second kappa shape index (κ2) is 12.5. The van der Waals surface area contributed by atoms with Gasteiger partial charge in [0.15, 0.2) is 5.78 Å². The minimum atomic E-state index is -0.935. The molecule has 2 amide bonds. The van der Waals surface area contributed by atoms with Crippen molar-refractivity contribution >= 4 is 23.3 Å². The lowest BCUT2D eigenvalue weighted by Gasteiger charge is -2.14. The van der Waals surface area contributed by atoms with Crippen LogP contribution < -0.4 is 16.4 Å². The van der Waals surface area contributed by atoms with E-state index in [0.717, 1.165) is 5.56 Å². The van der Waals surface area contributed by atoms with Crippen molar-refractivity contribution in [3.8, 4) is 23.7 Å². The molecule has 0 aliphatic carbocycles. The van der Waals surface area contributed by atoms with Crippen molar-refractivity contribution in [1.29, 1.82) is 0 Å². The molecule has 0 unspecified atom stereocenters. The summed E-state index contributed by atoms with van der Waals surface area (Å²) in [6.07, 6.45) is 4.90. The third-order valence-electron chi connectivity index (χ3n) is 4.76. The number of anilines is 1. The van der Waals surface area contributed by atoms with E-state index in [1.807, 2.05) is 0 Å². The van der Waals surface area contributed by atoms with Crippen molar-refractivity contribution in [2.45, 2.75) is 12.6 Å². The number of imidazole rings is 1. The van der Waals surface area contributed by atoms with Gasteiger partial charge in [-0.25, -0.2) is 4.98 Å². The highest BCUT2D eigenvalue weighted by molar-refractivity contribution is 5.98. The maximum atomic E-state index is 12.2. The van der Waals surface area contributed by atoms with E-state index in [2.05, 4.69) is 39.3 Å². The Balaban J connectivity index is 1.53. The number of benzene rings is 2. The van der Waals surface area contributed by atoms with Crippen LogP contribution in [0, 0.1) is 23.7 Å². The Kier molecular flexibility index (Phi) is 8.92. The molecule has 0 saturated heterocycles. The van der Waals surface area contributed by atoms with Gasteiger partial charge in [-0.1, -0.05) is 11.8 Å². The van der Waals surface area contributed by atoms with Crippen molar-refractivity contribution in [1.82, 2.24) is 14.9 Å². The number of nitrogens with two attached hydrogens (primary N) is 1. The number of nitrogens with one attached hydrogen (secondary N) is 2. The van der Waals surface area contributed by atoms with Gasteiger partial charge in [0.05, 0.1) is 6.33 Å². The minimum absolute atomic E-state index is 0.100. The first-order valence-corrected chi connectivity index (χ1v) is 10.6. The van der Waals surface area contributed by atoms with Gasteiger partial charge >= 0.3 is 0 Å². The van der Waals surface area contributed by atoms with E-state index < -0.39 is 24.3 Å². The van der Waals surface area contributed by atoms with Crippen LogP contribution in [0.5, 0.6) is 0 Å². The first-order valence-electron chi connectivity index (χ1n) is 10.6. The van der Waals surface area contributed by atoms with Gasteiger partial charge in [0, 0.05) is 41.3 Å². The number of hydrogen-bond acceptors (Lipinski definition) is 6. The van der Waals surface area contributed by atoms with Crippen LogP contribution in [0.4, 0.5) is 5.69 Å². The van der Waals surface area contributed by atoms with E-state index in [-0.39, 0.29) is 19.0 Å². The van der Waals surface area contributed by atoms with Crippen LogP contribution in [0.15, 0.2) is 67.3 Å². The van der Waals surface area contributed by atoms with Crippen LogP contribution in [0.1, 0.15) is 21.5 Å². The molecule has 3 aromatic rings. The summed E-state index contributed by atoms with van der Waals surface area (Å²) < 4.78 is 1.68. The molecular weight excluding hydrogens is 446 g/mol. The molecule has 1 aromatic heterocycles. The highest BCUT2D eigenvalue weighted by atomic mass is 16.3. The van der Waals surface area contributed by atoms with Crippen LogP contribution in [0.2, 0.25) is 0 Å². The molecule has 2 aromatic carbocycles. The molecule has 0 radical (unpaired) electrons. The molecule has 1 heterocycles. The SMILES string of the molecule is NC[C@H](NC(=O)c1ccc(C#CC#Cc2ccc(NC(=O)Cn3ccnc3)cc2)cc1)C(=O)CO. The maximum Gasteiger partial charge on any atom is 0.251 e. The molecule has 9 nitrogen and oxygen atoms in total. The second-order valence-electron chi connectivity index (χ2n) is 7.32. The number of rotatable bonds is 8. The average molecular weight is 470 g/mol. The Morgan fingerprint density at radius 1 is 1.00 bits per heavy atom. The summed E-state index contributed by atoms with van der Waals surface area (Å²) in [6.45, 7) is -0.608. The lowest BCUT2D eigenvalue weighted by Crippen LogP contribution is -2.46. The number of amides is 2. The van der Waals surface area contributed by atoms with Gasteiger partial charge in [-0.15, -0.1) is 0 Å². The van der Waals surface area contributed by atoms with E-state index in [1.165, 1.54) is 0 Å². The van der Waals surface area contributed by atoms with Gasteiger partial charge in [0.2, 0.25) is 5.91 Å². The fourth-order valence-corrected chi connectivity index (χ4v) is 2.92. The normalized spacial score (nSPS) is 10.7. The fourth-order valence-electron chi connectivity index (χ4n) is 2.92. The zero-order valence-corrected chi connectivity index (χ0v) is 18.7. The minimum Gasteiger partial charge on any atom is -0.388 e. The molecule has 0 aliphatic rings. The molecule has 0 fully saturated rings. The second-order valence-corrected chi connectivity index (χ2v) is 7.32. The van der Waals surface area contributed by atoms with Gasteiger partial charge < -0.3 is 26.0 Å². The Bertz CT molecular complexity index is 1290. The largest absolute Gasteiger partial charge is 0.388 e. The summed E-state index contributed by atoms with van der Waals surface area (Å²) in [5.41, 5.74) is 7.86. The van der Waals surface area contributed by atoms with E-state index in [9.17, 15) is 14.4 Å². The molecule has 3 rings (SSSR count). The van der Waals surface area contributed by atoms with Gasteiger partial charge in [-0.2, -0.15) is 0 Å². The number of carbonyl (C=O) groups excluding carboxylic acids is 3. The van der Waals surface area contributed by atoms with Crippen LogP contribution >= 0.6 is 0 Å². The van der Waals surface area contributed by atoms with E-state index in [4.69, 9.17) is 10.8 Å². The number of aliphatic hydroxyl groups excluding tert-OH is 1. The molecule has 0 saturated carbocycles. The quantitative estimate of drug-likeness (QED) is 0.355. The zero-order chi connectivity index (χ0) is 25.0. The zero-order valence-electron chi connectivity index (χ0n) is 18.7. The summed E-state index contributed by atoms with van der Waals surface area (Å²) in [4.78, 5) is 39.7. The van der Waals surface area contributed by atoms with Crippen molar-refractivity contribution < 1.29 is 19.5 Å². The molecule has 0 aliphatic heterocycles. The van der Waals surface area contributed by atoms with Crippen molar-refractivity contribution in [3.05, 3.63) is 83.9 Å². The molecule has 0 bridgehead atoms. The first-order chi connectivity index (χ1) is 17.0. The molecule has 9 heteroatoms. The van der Waals surface area contributed by atoms with Crippen LogP contribution in [0.3, 0.4) is 0 Å². The highest BCUT2D eigenvalue weighted by Crippen LogP contribution is 2.09. The standard InChI is InChI=1S/C26H23N5O4/c27-15-23(24(33)17-32)30-26(35)21-9-5-19(6-10-21)3-1-2-4-20-7-11-22(12-8-20)29-25(34)16-31-14-13-28-18-31/h5-14,18,23,32H,15-17,27H2,(H,29,34)(H,30,35)/t23-/m0/s1. The number of carbonyl (C=O) groups is 3. The van der Waals surface area contributed by atoms with Crippen LogP contribution in [-0.4, -0.2) is 51.4 Å². The summed E-state index contributed by atoms with van der Waals surface area (Å²) in [7, 11) is 0. The summed E-state index contributed by atoms with van der Waals surface area (Å²) in [5.74, 6) is 10.2. The molecule has 35 heavy (non-hydrogen) atoms. The Labute approximate surface area is 202 Å². The third kappa shape index (κ3) is 7.69. The summed E-state index contributed by atoms with van der Waals surface area (Å²) in [6, 6.07) is 12.6. The predicted molar refractivity (Wildman–Crippen MR) is 130 cm³/mol. The van der Waals surface area contributed by atoms with Crippen molar-refractivity contribution in [3.63, 3.8) is 0 Å². The predicted octanol–water partition coefficient (Wildman–Crippen LogP) is 0.543. The summed E-state index contributed by atoms with van der Waals surface area (Å²) in [5, 5.41) is 14.2. The third-order valence-corrected chi connectivity index (χ3v) is 4.76. The lowest BCUT2D eigenvalue weighted by atomic mass is 10.1. The number of hydrogen-bond donors (Lipinski definition) is 4. The van der Waals surface area contributed by atoms with Crippen molar-refractivity contribution in [2.24, 2.45) is 5.73 Å². The van der Waals surface area contributed by atoms with Crippen LogP contribution in [0.25, 0.3) is 0 Å². The van der Waals surface area contributed by atoms with Gasteiger partial charge in [-0.3, -0.25) is 14.4 Å². The summed E-state index contributed by atoms with van der Waals surface area (Å²) >= 11 is 0. The van der Waals surface area contributed by atoms with Crippen molar-refractivity contribution in [2.75, 3.05) is 18.5 Å². The number of aliphatic hydroxyl groups is 1. The monoisotopic (exact) mass is 469 g/mol. The fraction of sp³-hybridized carbons (Fsp3) is 0.154. The Morgan fingerprint density at radius 3 is 2.17 bits per heavy atom. The molecule has 5 N–H and O–H groups in total. The molecule has 0 spiro atoms. The molecule has 1 atom stereocenters. The van der Waals surface area contributed by atoms with E-state index in [0.29, 0.717) is 16.8 Å². The average Bonchev–Trinajstić information content (AvgIpc) is 3.38. The van der Waals surface area contributed by atoms with E-state index in [1.54, 1.807) is 71.8 Å². The smallest absolute Gasteiger partial charge is 0.251 e. The number of nitrogens with zero attached hydrogens (tertiary/aromatic N) is 2. The van der Waals surface area contributed by atoms with Crippen LogP contribution in [-0.2, 0) is 16.1 Å². The topological polar surface area (TPSA) is 139 Å². The highest BCUT2D eigenvalue weighted by Gasteiger charge is 2.18. The lowest BCUT2D eigenvalue weighted by molar-refractivity contribution is -0.123. The Morgan fingerprint density at radius 2 is 1.63 bits per heavy atom. The first kappa shape index (κ1) is 24.9. The molecule has 176 valence electrons. The Hall–Kier alpha value is -4.70. The number of Topliss-reactive ketones (excluding diaryl/α,β-unsaturated/α-hetero) is 1. The maximum absolute atomic E-state index is 12.2. The van der Waals surface area contributed by atoms with Gasteiger partial charge in [0.25, 0.3) is 5.91 Å².